The van der Waals surface area contributed by atoms with Crippen LogP contribution in [0.25, 0.3) is 10.7 Å². The molecule has 6 heteroatoms. The van der Waals surface area contributed by atoms with Crippen molar-refractivity contribution >= 4 is 11.3 Å². The molecule has 2 aromatic heterocycles. The number of hydrogen-bond donors (Lipinski definition) is 1. The van der Waals surface area contributed by atoms with E-state index in [2.05, 4.69) is 22.1 Å². The maximum absolute atomic E-state index is 5.87. The summed E-state index contributed by atoms with van der Waals surface area (Å²) in [5, 5.41) is 6.06. The second kappa shape index (κ2) is 6.68. The summed E-state index contributed by atoms with van der Waals surface area (Å²) in [6.45, 7) is 1.78. The van der Waals surface area contributed by atoms with E-state index in [0.717, 1.165) is 42.6 Å². The molecule has 1 fully saturated rings. The lowest BCUT2D eigenvalue weighted by molar-refractivity contribution is 0.218. The Balaban J connectivity index is 1.47. The highest BCUT2D eigenvalue weighted by molar-refractivity contribution is 7.13. The van der Waals surface area contributed by atoms with E-state index >= 15 is 0 Å². The van der Waals surface area contributed by atoms with Gasteiger partial charge in [0.1, 0.15) is 0 Å². The summed E-state index contributed by atoms with van der Waals surface area (Å²) in [5.41, 5.74) is 5.87. The van der Waals surface area contributed by atoms with Crippen molar-refractivity contribution in [3.63, 3.8) is 0 Å². The maximum atomic E-state index is 5.87. The molecule has 21 heavy (non-hydrogen) atoms. The van der Waals surface area contributed by atoms with Crippen molar-refractivity contribution in [3.8, 4) is 10.7 Å². The Hall–Kier alpha value is -1.24. The van der Waals surface area contributed by atoms with E-state index < -0.39 is 0 Å². The van der Waals surface area contributed by atoms with Gasteiger partial charge in [0, 0.05) is 19.0 Å². The molecule has 0 aromatic carbocycles. The molecule has 1 saturated carbocycles. The third-order valence-corrected chi connectivity index (χ3v) is 4.95. The Kier molecular flexibility index (Phi) is 4.67. The number of aromatic nitrogens is 2. The van der Waals surface area contributed by atoms with E-state index in [1.54, 1.807) is 11.3 Å². The number of aryl methyl sites for hydroxylation is 1. The fraction of sp³-hybridized carbons (Fsp3) is 0.600. The Morgan fingerprint density at radius 1 is 1.52 bits per heavy atom. The molecule has 1 aliphatic carbocycles. The predicted octanol–water partition coefficient (Wildman–Crippen LogP) is 2.40. The van der Waals surface area contributed by atoms with Crippen LogP contribution in [0.5, 0.6) is 0 Å². The average Bonchev–Trinajstić information content (AvgIpc) is 3.00. The summed E-state index contributed by atoms with van der Waals surface area (Å²) in [6, 6.07) is 4.54. The van der Waals surface area contributed by atoms with Gasteiger partial charge < -0.3 is 15.2 Å². The van der Waals surface area contributed by atoms with E-state index in [1.807, 2.05) is 17.5 Å². The van der Waals surface area contributed by atoms with E-state index in [1.165, 1.54) is 12.8 Å². The van der Waals surface area contributed by atoms with Crippen molar-refractivity contribution < 1.29 is 4.52 Å². The van der Waals surface area contributed by atoms with Crippen LogP contribution in [0, 0.1) is 5.92 Å². The summed E-state index contributed by atoms with van der Waals surface area (Å²) in [5.74, 6) is 2.24. The highest BCUT2D eigenvalue weighted by Gasteiger charge is 2.32. The Bertz CT molecular complexity index is 550. The number of nitrogens with zero attached hydrogens (tertiary/aromatic N) is 3. The lowest BCUT2D eigenvalue weighted by Gasteiger charge is -2.26. The largest absolute Gasteiger partial charge is 0.339 e. The molecular weight excluding hydrogens is 284 g/mol. The lowest BCUT2D eigenvalue weighted by Crippen LogP contribution is -2.40. The van der Waals surface area contributed by atoms with Crippen molar-refractivity contribution in [3.05, 3.63) is 23.4 Å². The van der Waals surface area contributed by atoms with Crippen LogP contribution in [-0.2, 0) is 6.42 Å². The fourth-order valence-corrected chi connectivity index (χ4v) is 3.37. The highest BCUT2D eigenvalue weighted by atomic mass is 32.1. The molecule has 0 amide bonds. The number of hydrogen-bond acceptors (Lipinski definition) is 6. The van der Waals surface area contributed by atoms with Gasteiger partial charge in [-0.1, -0.05) is 11.2 Å². The SMILES string of the molecule is CN(CCCc1nc(-c2cccs2)no1)C(CN)C1CC1. The molecule has 5 nitrogen and oxygen atoms in total. The minimum absolute atomic E-state index is 0.536. The second-order valence-electron chi connectivity index (χ2n) is 5.71. The van der Waals surface area contributed by atoms with Gasteiger partial charge in [-0.3, -0.25) is 0 Å². The van der Waals surface area contributed by atoms with Crippen molar-refractivity contribution in [2.45, 2.75) is 31.7 Å². The van der Waals surface area contributed by atoms with Crippen LogP contribution >= 0.6 is 11.3 Å². The summed E-state index contributed by atoms with van der Waals surface area (Å²) >= 11 is 1.63. The first-order chi connectivity index (χ1) is 10.3. The van der Waals surface area contributed by atoms with Crippen LogP contribution in [-0.4, -0.2) is 41.2 Å². The minimum Gasteiger partial charge on any atom is -0.339 e. The minimum atomic E-state index is 0.536. The Morgan fingerprint density at radius 3 is 3.05 bits per heavy atom. The van der Waals surface area contributed by atoms with Gasteiger partial charge in [-0.15, -0.1) is 11.3 Å². The van der Waals surface area contributed by atoms with Gasteiger partial charge >= 0.3 is 0 Å². The summed E-state index contributed by atoms with van der Waals surface area (Å²) in [7, 11) is 2.17. The third kappa shape index (κ3) is 3.70. The van der Waals surface area contributed by atoms with Gasteiger partial charge in [0.15, 0.2) is 0 Å². The molecule has 0 spiro atoms. The quantitative estimate of drug-likeness (QED) is 0.811. The normalized spacial score (nSPS) is 16.5. The summed E-state index contributed by atoms with van der Waals surface area (Å²) in [4.78, 5) is 7.89. The van der Waals surface area contributed by atoms with Gasteiger partial charge in [0.25, 0.3) is 0 Å². The highest BCUT2D eigenvalue weighted by Crippen LogP contribution is 2.34. The third-order valence-electron chi connectivity index (χ3n) is 4.08. The van der Waals surface area contributed by atoms with Crippen LogP contribution in [0.3, 0.4) is 0 Å². The topological polar surface area (TPSA) is 68.2 Å². The standard InChI is InChI=1S/C15H22N4OS/c1-19(12(10-16)11-6-7-11)8-2-5-14-17-15(18-20-14)13-4-3-9-21-13/h3-4,9,11-12H,2,5-8,10,16H2,1H3. The Morgan fingerprint density at radius 2 is 2.38 bits per heavy atom. The van der Waals surface area contributed by atoms with Crippen LogP contribution < -0.4 is 5.73 Å². The molecule has 3 rings (SSSR count). The van der Waals surface area contributed by atoms with E-state index in [4.69, 9.17) is 10.3 Å². The molecular formula is C15H22N4OS. The van der Waals surface area contributed by atoms with Crippen LogP contribution in [0.1, 0.15) is 25.2 Å². The van der Waals surface area contributed by atoms with Crippen LogP contribution in [0.4, 0.5) is 0 Å². The van der Waals surface area contributed by atoms with Crippen molar-refractivity contribution in [1.82, 2.24) is 15.0 Å². The van der Waals surface area contributed by atoms with Gasteiger partial charge in [-0.2, -0.15) is 4.98 Å². The molecule has 1 atom stereocenters. The molecule has 2 aromatic rings. The summed E-state index contributed by atoms with van der Waals surface area (Å²) in [6.07, 6.45) is 4.51. The number of nitrogens with two attached hydrogens (primary N) is 1. The first kappa shape index (κ1) is 14.7. The molecule has 1 aliphatic rings. The van der Waals surface area contributed by atoms with Gasteiger partial charge in [-0.05, 0) is 50.2 Å². The smallest absolute Gasteiger partial charge is 0.227 e. The van der Waals surface area contributed by atoms with Crippen molar-refractivity contribution in [1.29, 1.82) is 0 Å². The van der Waals surface area contributed by atoms with E-state index in [9.17, 15) is 0 Å². The zero-order valence-corrected chi connectivity index (χ0v) is 13.2. The first-order valence-electron chi connectivity index (χ1n) is 7.54. The van der Waals surface area contributed by atoms with Gasteiger partial charge in [0.2, 0.25) is 11.7 Å². The van der Waals surface area contributed by atoms with Gasteiger partial charge in [-0.25, -0.2) is 0 Å². The average molecular weight is 306 g/mol. The molecule has 2 heterocycles. The van der Waals surface area contributed by atoms with Crippen molar-refractivity contribution in [2.75, 3.05) is 20.1 Å². The number of rotatable bonds is 8. The Labute approximate surface area is 129 Å². The molecule has 1 unspecified atom stereocenters. The number of thiophene rings is 1. The molecule has 0 radical (unpaired) electrons. The second-order valence-corrected chi connectivity index (χ2v) is 6.66. The van der Waals surface area contributed by atoms with E-state index in [-0.39, 0.29) is 0 Å². The maximum Gasteiger partial charge on any atom is 0.227 e. The monoisotopic (exact) mass is 306 g/mol. The fourth-order valence-electron chi connectivity index (χ4n) is 2.72. The van der Waals surface area contributed by atoms with Crippen molar-refractivity contribution in [2.24, 2.45) is 11.7 Å². The molecule has 114 valence electrons. The van der Waals surface area contributed by atoms with Crippen LogP contribution in [0.15, 0.2) is 22.0 Å². The molecule has 0 bridgehead atoms. The lowest BCUT2D eigenvalue weighted by atomic mass is 10.1. The van der Waals surface area contributed by atoms with Gasteiger partial charge in [0.05, 0.1) is 4.88 Å². The summed E-state index contributed by atoms with van der Waals surface area (Å²) < 4.78 is 5.32. The first-order valence-corrected chi connectivity index (χ1v) is 8.42. The number of likely N-dealkylation sites (N-methyl/N-ethyl adjacent to an activating group) is 1. The molecule has 2 N–H and O–H groups in total. The molecule has 0 saturated heterocycles. The zero-order valence-electron chi connectivity index (χ0n) is 12.4. The zero-order chi connectivity index (χ0) is 14.7. The molecule has 0 aliphatic heterocycles. The predicted molar refractivity (Wildman–Crippen MR) is 84.1 cm³/mol. The van der Waals surface area contributed by atoms with E-state index in [0.29, 0.717) is 11.9 Å². The van der Waals surface area contributed by atoms with Crippen LogP contribution in [0.2, 0.25) is 0 Å².